The third-order valence-corrected chi connectivity index (χ3v) is 5.04. The van der Waals surface area contributed by atoms with Crippen molar-refractivity contribution >= 4 is 35.5 Å². The van der Waals surface area contributed by atoms with Crippen LogP contribution in [0.4, 0.5) is 0 Å². The van der Waals surface area contributed by atoms with Crippen LogP contribution in [0.1, 0.15) is 26.7 Å². The summed E-state index contributed by atoms with van der Waals surface area (Å²) in [5, 5.41) is 2.12. The van der Waals surface area contributed by atoms with Crippen molar-refractivity contribution in [2.45, 2.75) is 38.1 Å². The van der Waals surface area contributed by atoms with Crippen LogP contribution in [0.3, 0.4) is 0 Å². The number of rotatable bonds is 7. The molecule has 0 aromatic rings. The lowest BCUT2D eigenvalue weighted by atomic mass is 10.0. The Balaban J connectivity index is 2.08. The molecule has 2 heterocycles. The van der Waals surface area contributed by atoms with Gasteiger partial charge in [0.15, 0.2) is 6.73 Å². The number of nitrogens with two attached hydrogens (primary N) is 1. The van der Waals surface area contributed by atoms with Gasteiger partial charge in [-0.1, -0.05) is 6.92 Å². The number of carbonyl (C=O) groups excluding carboxylic acids is 4. The molecule has 0 aliphatic carbocycles. The molecule has 25 heavy (non-hydrogen) atoms. The lowest BCUT2D eigenvalue weighted by Crippen LogP contribution is -2.68. The summed E-state index contributed by atoms with van der Waals surface area (Å²) in [6.07, 6.45) is 1.01. The van der Waals surface area contributed by atoms with E-state index >= 15 is 0 Å². The van der Waals surface area contributed by atoms with E-state index in [9.17, 15) is 19.2 Å². The third-order valence-electron chi connectivity index (χ3n) is 3.68. The van der Waals surface area contributed by atoms with Gasteiger partial charge in [-0.15, -0.1) is 11.8 Å². The van der Waals surface area contributed by atoms with Gasteiger partial charge in [-0.05, 0) is 6.42 Å². The number of nitrogens with one attached hydrogen (secondary N) is 1. The molecule has 0 aromatic heterocycles. The standard InChI is InChI=1S/C15H21N3O6S/c1-3-4-10(20)17-7-24-15(22)12-9(5-23-8(2)19)6-25-14-11(16)13(21)18(12)14/h11,14H,3-7,16H2,1-2H3,(H,17,20). The largest absolute Gasteiger partial charge is 0.461 e. The number of hydrogen-bond acceptors (Lipinski definition) is 8. The molecule has 2 atom stereocenters. The Hall–Kier alpha value is -2.07. The SMILES string of the molecule is CCCC(=O)NCOC(=O)C1=C(COC(C)=O)CSC2C(N)C(=O)N12. The van der Waals surface area contributed by atoms with Gasteiger partial charge in [0.2, 0.25) is 11.8 Å². The summed E-state index contributed by atoms with van der Waals surface area (Å²) in [5.41, 5.74) is 6.27. The third kappa shape index (κ3) is 4.31. The Morgan fingerprint density at radius 1 is 1.36 bits per heavy atom. The topological polar surface area (TPSA) is 128 Å². The summed E-state index contributed by atoms with van der Waals surface area (Å²) in [6, 6.07) is -0.674. The number of thioether (sulfide) groups is 1. The fraction of sp³-hybridized carbons (Fsp3) is 0.600. The molecule has 1 fully saturated rings. The first-order valence-electron chi connectivity index (χ1n) is 7.86. The minimum absolute atomic E-state index is 0.0430. The summed E-state index contributed by atoms with van der Waals surface area (Å²) in [7, 11) is 0. The average molecular weight is 371 g/mol. The van der Waals surface area contributed by atoms with E-state index in [2.05, 4.69) is 5.32 Å². The summed E-state index contributed by atoms with van der Waals surface area (Å²) >= 11 is 1.39. The van der Waals surface area contributed by atoms with E-state index in [-0.39, 0.29) is 36.2 Å². The Morgan fingerprint density at radius 2 is 2.08 bits per heavy atom. The first kappa shape index (κ1) is 19.3. The van der Waals surface area contributed by atoms with Crippen molar-refractivity contribution in [3.63, 3.8) is 0 Å². The van der Waals surface area contributed by atoms with Crippen LogP contribution in [-0.4, -0.2) is 59.2 Å². The van der Waals surface area contributed by atoms with Crippen molar-refractivity contribution in [3.05, 3.63) is 11.3 Å². The summed E-state index contributed by atoms with van der Waals surface area (Å²) in [6.45, 7) is 2.70. The monoisotopic (exact) mass is 371 g/mol. The van der Waals surface area contributed by atoms with E-state index in [0.717, 1.165) is 0 Å². The van der Waals surface area contributed by atoms with Gasteiger partial charge in [-0.2, -0.15) is 0 Å². The van der Waals surface area contributed by atoms with E-state index in [0.29, 0.717) is 24.2 Å². The lowest BCUT2D eigenvalue weighted by molar-refractivity contribution is -0.152. The van der Waals surface area contributed by atoms with Gasteiger partial charge in [-0.3, -0.25) is 19.3 Å². The van der Waals surface area contributed by atoms with Crippen molar-refractivity contribution in [2.24, 2.45) is 5.73 Å². The Kier molecular flexibility index (Phi) is 6.43. The highest BCUT2D eigenvalue weighted by Gasteiger charge is 2.52. The smallest absolute Gasteiger partial charge is 0.356 e. The molecule has 0 aromatic carbocycles. The van der Waals surface area contributed by atoms with Crippen LogP contribution in [0.2, 0.25) is 0 Å². The van der Waals surface area contributed by atoms with Gasteiger partial charge in [0.25, 0.3) is 0 Å². The van der Waals surface area contributed by atoms with Gasteiger partial charge in [0.05, 0.1) is 0 Å². The van der Waals surface area contributed by atoms with Gasteiger partial charge in [0.1, 0.15) is 23.7 Å². The molecular formula is C15H21N3O6S. The molecule has 9 nitrogen and oxygen atoms in total. The Bertz CT molecular complexity index is 620. The molecule has 0 radical (unpaired) electrons. The van der Waals surface area contributed by atoms with Gasteiger partial charge in [0, 0.05) is 24.7 Å². The van der Waals surface area contributed by atoms with Crippen LogP contribution in [0.5, 0.6) is 0 Å². The second kappa shape index (κ2) is 8.34. The lowest BCUT2D eigenvalue weighted by Gasteiger charge is -2.48. The summed E-state index contributed by atoms with van der Waals surface area (Å²) < 4.78 is 10.0. The zero-order chi connectivity index (χ0) is 18.6. The van der Waals surface area contributed by atoms with Gasteiger partial charge >= 0.3 is 11.9 Å². The molecule has 1 saturated heterocycles. The maximum atomic E-state index is 12.4. The fourth-order valence-electron chi connectivity index (χ4n) is 2.43. The van der Waals surface area contributed by atoms with Crippen molar-refractivity contribution < 1.29 is 28.7 Å². The van der Waals surface area contributed by atoms with Crippen LogP contribution in [0, 0.1) is 0 Å². The number of nitrogens with zero attached hydrogens (tertiary/aromatic N) is 1. The number of amides is 2. The second-order valence-corrected chi connectivity index (χ2v) is 6.70. The zero-order valence-corrected chi connectivity index (χ0v) is 14.9. The van der Waals surface area contributed by atoms with E-state index in [1.807, 2.05) is 6.92 Å². The molecule has 10 heteroatoms. The number of fused-ring (bicyclic) bond motifs is 1. The van der Waals surface area contributed by atoms with E-state index < -0.39 is 18.0 Å². The van der Waals surface area contributed by atoms with E-state index in [1.54, 1.807) is 0 Å². The predicted molar refractivity (Wildman–Crippen MR) is 88.7 cm³/mol. The number of carbonyl (C=O) groups is 4. The Morgan fingerprint density at radius 3 is 2.72 bits per heavy atom. The maximum absolute atomic E-state index is 12.4. The first-order valence-corrected chi connectivity index (χ1v) is 8.91. The van der Waals surface area contributed by atoms with Gasteiger partial charge < -0.3 is 20.5 Å². The van der Waals surface area contributed by atoms with Crippen LogP contribution < -0.4 is 11.1 Å². The molecular weight excluding hydrogens is 350 g/mol. The zero-order valence-electron chi connectivity index (χ0n) is 14.1. The van der Waals surface area contributed by atoms with Crippen molar-refractivity contribution in [1.82, 2.24) is 10.2 Å². The highest BCUT2D eigenvalue weighted by atomic mass is 32.2. The molecule has 3 N–H and O–H groups in total. The second-order valence-electron chi connectivity index (χ2n) is 5.59. The minimum atomic E-state index is -0.760. The number of hydrogen-bond donors (Lipinski definition) is 2. The van der Waals surface area contributed by atoms with Crippen molar-refractivity contribution in [3.8, 4) is 0 Å². The van der Waals surface area contributed by atoms with Crippen LogP contribution in [0.15, 0.2) is 11.3 Å². The predicted octanol–water partition coefficient (Wildman–Crippen LogP) is -0.537. The molecule has 2 aliphatic heterocycles. The number of β-lactam (4-membered cyclic amide) rings is 1. The molecule has 2 aliphatic rings. The molecule has 2 amide bonds. The minimum Gasteiger partial charge on any atom is -0.461 e. The number of ether oxygens (including phenoxy) is 2. The summed E-state index contributed by atoms with van der Waals surface area (Å²) in [5.74, 6) is -1.49. The van der Waals surface area contributed by atoms with Crippen molar-refractivity contribution in [2.75, 3.05) is 19.1 Å². The van der Waals surface area contributed by atoms with E-state index in [1.165, 1.54) is 23.6 Å². The summed E-state index contributed by atoms with van der Waals surface area (Å²) in [4.78, 5) is 48.2. The Labute approximate surface area is 149 Å². The quantitative estimate of drug-likeness (QED) is 0.347. The normalized spacial score (nSPS) is 22.0. The van der Waals surface area contributed by atoms with Crippen molar-refractivity contribution in [1.29, 1.82) is 0 Å². The first-order chi connectivity index (χ1) is 11.9. The molecule has 0 bridgehead atoms. The average Bonchev–Trinajstić information content (AvgIpc) is 2.58. The molecule has 0 spiro atoms. The van der Waals surface area contributed by atoms with Crippen LogP contribution in [-0.2, 0) is 28.7 Å². The molecule has 2 unspecified atom stereocenters. The highest BCUT2D eigenvalue weighted by Crippen LogP contribution is 2.39. The van der Waals surface area contributed by atoms with Crippen LogP contribution in [0.25, 0.3) is 0 Å². The van der Waals surface area contributed by atoms with Crippen LogP contribution >= 0.6 is 11.8 Å². The van der Waals surface area contributed by atoms with E-state index in [4.69, 9.17) is 15.2 Å². The van der Waals surface area contributed by atoms with Gasteiger partial charge in [-0.25, -0.2) is 4.79 Å². The molecule has 2 rings (SSSR count). The fourth-order valence-corrected chi connectivity index (χ4v) is 3.71. The maximum Gasteiger partial charge on any atom is 0.356 e. The number of esters is 2. The molecule has 138 valence electrons. The molecule has 0 saturated carbocycles. The highest BCUT2D eigenvalue weighted by molar-refractivity contribution is 8.00.